The highest BCUT2D eigenvalue weighted by molar-refractivity contribution is 7.23. The van der Waals surface area contributed by atoms with Crippen LogP contribution in [0.3, 0.4) is 0 Å². The van der Waals surface area contributed by atoms with Gasteiger partial charge in [0.05, 0.1) is 16.1 Å². The van der Waals surface area contributed by atoms with E-state index in [1.165, 1.54) is 11.3 Å². The van der Waals surface area contributed by atoms with Crippen LogP contribution >= 0.6 is 11.3 Å². The van der Waals surface area contributed by atoms with E-state index in [1.807, 2.05) is 33.8 Å². The van der Waals surface area contributed by atoms with Gasteiger partial charge in [0.15, 0.2) is 6.29 Å². The molecular formula is C11H15BO3S. The highest BCUT2D eigenvalue weighted by Gasteiger charge is 2.52. The number of rotatable bonds is 2. The summed E-state index contributed by atoms with van der Waals surface area (Å²) in [6.07, 6.45) is 0.847. The number of thiophene rings is 1. The average molecular weight is 238 g/mol. The smallest absolute Gasteiger partial charge is 0.399 e. The van der Waals surface area contributed by atoms with Crippen molar-refractivity contribution in [2.75, 3.05) is 0 Å². The lowest BCUT2D eigenvalue weighted by Crippen LogP contribution is -2.41. The fourth-order valence-electron chi connectivity index (χ4n) is 1.52. The summed E-state index contributed by atoms with van der Waals surface area (Å²) in [5.41, 5.74) is -0.661. The van der Waals surface area contributed by atoms with Crippen molar-refractivity contribution in [2.45, 2.75) is 38.9 Å². The van der Waals surface area contributed by atoms with Crippen LogP contribution in [0, 0.1) is 0 Å². The third-order valence-corrected chi connectivity index (χ3v) is 4.28. The Morgan fingerprint density at radius 1 is 1.19 bits per heavy atom. The van der Waals surface area contributed by atoms with E-state index in [-0.39, 0.29) is 18.3 Å². The monoisotopic (exact) mass is 238 g/mol. The Hall–Kier alpha value is -0.645. The number of carbonyl (C=O) groups is 1. The first kappa shape index (κ1) is 11.8. The molecule has 5 heteroatoms. The van der Waals surface area contributed by atoms with Gasteiger partial charge in [0.1, 0.15) is 0 Å². The lowest BCUT2D eigenvalue weighted by atomic mass is 9.88. The maximum atomic E-state index is 10.6. The number of hydrogen-bond acceptors (Lipinski definition) is 4. The topological polar surface area (TPSA) is 35.5 Å². The van der Waals surface area contributed by atoms with Gasteiger partial charge in [-0.05, 0) is 33.8 Å². The molecule has 3 nitrogen and oxygen atoms in total. The molecule has 1 aliphatic rings. The van der Waals surface area contributed by atoms with Gasteiger partial charge >= 0.3 is 7.12 Å². The second-order valence-electron chi connectivity index (χ2n) is 4.95. The molecule has 16 heavy (non-hydrogen) atoms. The van der Waals surface area contributed by atoms with Crippen molar-refractivity contribution in [2.24, 2.45) is 0 Å². The van der Waals surface area contributed by atoms with Crippen molar-refractivity contribution in [1.82, 2.24) is 0 Å². The van der Waals surface area contributed by atoms with E-state index in [9.17, 15) is 4.79 Å². The summed E-state index contributed by atoms with van der Waals surface area (Å²) in [6, 6.07) is 3.68. The van der Waals surface area contributed by atoms with Crippen molar-refractivity contribution >= 4 is 29.5 Å². The Kier molecular flexibility index (Phi) is 2.73. The van der Waals surface area contributed by atoms with Crippen molar-refractivity contribution in [3.63, 3.8) is 0 Å². The zero-order chi connectivity index (χ0) is 12.0. The minimum Gasteiger partial charge on any atom is -0.399 e. The van der Waals surface area contributed by atoms with E-state index < -0.39 is 0 Å². The molecule has 0 aliphatic carbocycles. The number of hydrogen-bond donors (Lipinski definition) is 0. The van der Waals surface area contributed by atoms with E-state index in [0.717, 1.165) is 11.1 Å². The van der Waals surface area contributed by atoms with Gasteiger partial charge in [-0.15, -0.1) is 11.3 Å². The van der Waals surface area contributed by atoms with Crippen LogP contribution in [0.2, 0.25) is 0 Å². The Morgan fingerprint density at radius 2 is 1.75 bits per heavy atom. The van der Waals surface area contributed by atoms with Gasteiger partial charge in [-0.1, -0.05) is 6.07 Å². The third-order valence-electron chi connectivity index (χ3n) is 3.25. The molecule has 0 aromatic carbocycles. The van der Waals surface area contributed by atoms with Gasteiger partial charge in [-0.25, -0.2) is 0 Å². The summed E-state index contributed by atoms with van der Waals surface area (Å²) in [5.74, 6) is 0. The van der Waals surface area contributed by atoms with Gasteiger partial charge in [0.2, 0.25) is 0 Å². The van der Waals surface area contributed by atoms with Gasteiger partial charge in [0.25, 0.3) is 0 Å². The van der Waals surface area contributed by atoms with Crippen molar-refractivity contribution in [1.29, 1.82) is 0 Å². The van der Waals surface area contributed by atoms with Crippen molar-refractivity contribution in [3.05, 3.63) is 17.0 Å². The molecule has 86 valence electrons. The van der Waals surface area contributed by atoms with Crippen LogP contribution in [0.4, 0.5) is 0 Å². The predicted octanol–water partition coefficient (Wildman–Crippen LogP) is 1.86. The molecular weight excluding hydrogens is 223 g/mol. The normalized spacial score (nSPS) is 22.4. The standard InChI is InChI=1S/C11H15BO3S/c1-10(2)11(3,4)15-12(14-10)9-6-5-8(7-13)16-9/h5-7H,1-4H3. The molecule has 1 saturated heterocycles. The first-order valence-corrected chi connectivity index (χ1v) is 6.08. The minimum atomic E-state index is -0.358. The number of carbonyl (C=O) groups excluding carboxylic acids is 1. The fourth-order valence-corrected chi connectivity index (χ4v) is 2.30. The van der Waals surface area contributed by atoms with Crippen LogP contribution in [0.15, 0.2) is 12.1 Å². The molecule has 2 rings (SSSR count). The highest BCUT2D eigenvalue weighted by Crippen LogP contribution is 2.36. The molecule has 1 aliphatic heterocycles. The second kappa shape index (κ2) is 3.69. The SMILES string of the molecule is CC1(C)OB(c2ccc(C=O)s2)OC1(C)C. The van der Waals surface area contributed by atoms with Gasteiger partial charge in [-0.2, -0.15) is 0 Å². The molecule has 0 bridgehead atoms. The molecule has 0 atom stereocenters. The molecule has 2 heterocycles. The van der Waals surface area contributed by atoms with E-state index in [1.54, 1.807) is 6.07 Å². The first-order chi connectivity index (χ1) is 7.36. The summed E-state index contributed by atoms with van der Waals surface area (Å²) in [7, 11) is -0.358. The maximum absolute atomic E-state index is 10.6. The molecule has 1 aromatic rings. The highest BCUT2D eigenvalue weighted by atomic mass is 32.1. The zero-order valence-electron chi connectivity index (χ0n) is 9.94. The maximum Gasteiger partial charge on any atom is 0.505 e. The summed E-state index contributed by atoms with van der Waals surface area (Å²) in [6.45, 7) is 8.06. The Labute approximate surface area is 99.9 Å². The molecule has 0 spiro atoms. The summed E-state index contributed by atoms with van der Waals surface area (Å²) < 4.78 is 12.7. The quantitative estimate of drug-likeness (QED) is 0.582. The number of aldehydes is 1. The van der Waals surface area contributed by atoms with Crippen LogP contribution in [0.5, 0.6) is 0 Å². The fraction of sp³-hybridized carbons (Fsp3) is 0.545. The van der Waals surface area contributed by atoms with E-state index in [2.05, 4.69) is 0 Å². The van der Waals surface area contributed by atoms with Crippen LogP contribution < -0.4 is 4.78 Å². The van der Waals surface area contributed by atoms with E-state index in [4.69, 9.17) is 9.31 Å². The summed E-state index contributed by atoms with van der Waals surface area (Å²) in [4.78, 5) is 11.3. The Balaban J connectivity index is 2.23. The zero-order valence-corrected chi connectivity index (χ0v) is 10.8. The van der Waals surface area contributed by atoms with E-state index in [0.29, 0.717) is 4.88 Å². The van der Waals surface area contributed by atoms with Crippen LogP contribution in [-0.4, -0.2) is 24.6 Å². The van der Waals surface area contributed by atoms with Crippen LogP contribution in [-0.2, 0) is 9.31 Å². The Bertz CT molecular complexity index is 395. The molecule has 1 aromatic heterocycles. The van der Waals surface area contributed by atoms with Gasteiger partial charge in [-0.3, -0.25) is 4.79 Å². The van der Waals surface area contributed by atoms with Crippen LogP contribution in [0.25, 0.3) is 0 Å². The molecule has 0 radical (unpaired) electrons. The van der Waals surface area contributed by atoms with E-state index >= 15 is 0 Å². The minimum absolute atomic E-state index is 0.330. The largest absolute Gasteiger partial charge is 0.505 e. The molecule has 0 unspecified atom stereocenters. The van der Waals surface area contributed by atoms with Crippen LogP contribution in [0.1, 0.15) is 37.4 Å². The van der Waals surface area contributed by atoms with Gasteiger partial charge in [0, 0.05) is 4.78 Å². The Morgan fingerprint density at radius 3 is 2.19 bits per heavy atom. The van der Waals surface area contributed by atoms with Crippen molar-refractivity contribution in [3.8, 4) is 0 Å². The molecule has 1 fully saturated rings. The molecule has 0 N–H and O–H groups in total. The molecule has 0 saturated carbocycles. The van der Waals surface area contributed by atoms with Crippen molar-refractivity contribution < 1.29 is 14.1 Å². The summed E-state index contributed by atoms with van der Waals surface area (Å²) >= 11 is 1.41. The van der Waals surface area contributed by atoms with Gasteiger partial charge < -0.3 is 9.31 Å². The summed E-state index contributed by atoms with van der Waals surface area (Å²) in [5, 5.41) is 0. The molecule has 0 amide bonds. The average Bonchev–Trinajstić information content (AvgIpc) is 2.70. The predicted molar refractivity (Wildman–Crippen MR) is 65.4 cm³/mol. The first-order valence-electron chi connectivity index (χ1n) is 5.26. The lowest BCUT2D eigenvalue weighted by Gasteiger charge is -2.32. The third kappa shape index (κ3) is 1.83. The lowest BCUT2D eigenvalue weighted by molar-refractivity contribution is 0.00578. The second-order valence-corrected chi connectivity index (χ2v) is 6.09.